The number of nitrogens with one attached hydrogen (secondary N) is 2. The van der Waals surface area contributed by atoms with Crippen molar-refractivity contribution in [3.63, 3.8) is 0 Å². The number of aromatic nitrogens is 3. The molecule has 2 amide bonds. The van der Waals surface area contributed by atoms with Crippen molar-refractivity contribution in [2.24, 2.45) is 0 Å². The van der Waals surface area contributed by atoms with Gasteiger partial charge in [-0.2, -0.15) is 5.10 Å². The first-order chi connectivity index (χ1) is 10.3. The summed E-state index contributed by atoms with van der Waals surface area (Å²) in [6, 6.07) is 7.42. The highest BCUT2D eigenvalue weighted by molar-refractivity contribution is 5.89. The Bertz CT molecular complexity index is 576. The van der Waals surface area contributed by atoms with E-state index in [1.54, 1.807) is 11.0 Å². The summed E-state index contributed by atoms with van der Waals surface area (Å²) >= 11 is 0. The molecular weight excluding hydrogens is 270 g/mol. The summed E-state index contributed by atoms with van der Waals surface area (Å²) < 4.78 is 6.92. The molecule has 0 bridgehead atoms. The fourth-order valence-electron chi connectivity index (χ4n) is 2.23. The second-order valence-corrected chi connectivity index (χ2v) is 4.87. The summed E-state index contributed by atoms with van der Waals surface area (Å²) in [6.07, 6.45) is 4.82. The van der Waals surface area contributed by atoms with Crippen molar-refractivity contribution in [1.82, 2.24) is 20.1 Å². The Hall–Kier alpha value is -2.41. The standard InChI is InChI=1S/C14H17N5O2/c20-14(18-12-5-7-21-8-6-12)17-11-1-3-13(4-2-11)19-10-15-9-16-19/h1-4,9-10,12H,5-8H2,(H2,17,18,20). The van der Waals surface area contributed by atoms with Gasteiger partial charge in [0, 0.05) is 24.9 Å². The van der Waals surface area contributed by atoms with E-state index in [0.29, 0.717) is 13.2 Å². The minimum Gasteiger partial charge on any atom is -0.381 e. The monoisotopic (exact) mass is 287 g/mol. The number of hydrogen-bond donors (Lipinski definition) is 2. The lowest BCUT2D eigenvalue weighted by Crippen LogP contribution is -2.41. The van der Waals surface area contributed by atoms with Gasteiger partial charge in [-0.25, -0.2) is 14.5 Å². The average Bonchev–Trinajstić information content (AvgIpc) is 3.03. The largest absolute Gasteiger partial charge is 0.381 e. The molecule has 0 spiro atoms. The van der Waals surface area contributed by atoms with Gasteiger partial charge in [0.2, 0.25) is 0 Å². The topological polar surface area (TPSA) is 81.1 Å². The number of rotatable bonds is 3. The van der Waals surface area contributed by atoms with E-state index >= 15 is 0 Å². The second kappa shape index (κ2) is 6.36. The van der Waals surface area contributed by atoms with E-state index in [9.17, 15) is 4.79 Å². The van der Waals surface area contributed by atoms with Crippen molar-refractivity contribution < 1.29 is 9.53 Å². The average molecular weight is 287 g/mol. The lowest BCUT2D eigenvalue weighted by atomic mass is 10.1. The molecular formula is C14H17N5O2. The number of hydrogen-bond acceptors (Lipinski definition) is 4. The Morgan fingerprint density at radius 1 is 1.24 bits per heavy atom. The van der Waals surface area contributed by atoms with Crippen molar-refractivity contribution in [3.05, 3.63) is 36.9 Å². The van der Waals surface area contributed by atoms with Crippen LogP contribution in [0, 0.1) is 0 Å². The van der Waals surface area contributed by atoms with Gasteiger partial charge in [-0.05, 0) is 37.1 Å². The van der Waals surface area contributed by atoms with Crippen molar-refractivity contribution in [3.8, 4) is 5.69 Å². The highest BCUT2D eigenvalue weighted by Gasteiger charge is 2.15. The van der Waals surface area contributed by atoms with Crippen LogP contribution in [0.4, 0.5) is 10.5 Å². The number of anilines is 1. The number of carbonyl (C=O) groups excluding carboxylic acids is 1. The van der Waals surface area contributed by atoms with Crippen LogP contribution < -0.4 is 10.6 Å². The summed E-state index contributed by atoms with van der Waals surface area (Å²) in [5, 5.41) is 9.83. The number of benzene rings is 1. The van der Waals surface area contributed by atoms with Gasteiger partial charge in [0.1, 0.15) is 12.7 Å². The van der Waals surface area contributed by atoms with Gasteiger partial charge in [0.25, 0.3) is 0 Å². The Morgan fingerprint density at radius 3 is 2.67 bits per heavy atom. The molecule has 1 aliphatic rings. The van der Waals surface area contributed by atoms with Crippen LogP contribution >= 0.6 is 0 Å². The minimum absolute atomic E-state index is 0.185. The molecule has 110 valence electrons. The fraction of sp³-hybridized carbons (Fsp3) is 0.357. The number of carbonyl (C=O) groups is 1. The van der Waals surface area contributed by atoms with Gasteiger partial charge in [-0.15, -0.1) is 0 Å². The minimum atomic E-state index is -0.185. The van der Waals surface area contributed by atoms with Crippen molar-refractivity contribution in [1.29, 1.82) is 0 Å². The molecule has 0 aliphatic carbocycles. The van der Waals surface area contributed by atoms with Crippen LogP contribution in [0.3, 0.4) is 0 Å². The SMILES string of the molecule is O=C(Nc1ccc(-n2cncn2)cc1)NC1CCOCC1. The summed E-state index contributed by atoms with van der Waals surface area (Å²) in [5.74, 6) is 0. The molecule has 0 saturated carbocycles. The summed E-state index contributed by atoms with van der Waals surface area (Å²) in [4.78, 5) is 15.8. The van der Waals surface area contributed by atoms with E-state index in [0.717, 1.165) is 24.2 Å². The third-order valence-electron chi connectivity index (χ3n) is 3.36. The molecule has 0 unspecified atom stereocenters. The highest BCUT2D eigenvalue weighted by Crippen LogP contribution is 2.12. The van der Waals surface area contributed by atoms with Crippen LogP contribution in [0.1, 0.15) is 12.8 Å². The first-order valence-corrected chi connectivity index (χ1v) is 6.91. The Labute approximate surface area is 122 Å². The molecule has 0 atom stereocenters. The Kier molecular flexibility index (Phi) is 4.11. The molecule has 7 nitrogen and oxygen atoms in total. The highest BCUT2D eigenvalue weighted by atomic mass is 16.5. The predicted molar refractivity (Wildman–Crippen MR) is 77.4 cm³/mol. The molecule has 1 aromatic carbocycles. The van der Waals surface area contributed by atoms with Gasteiger partial charge in [0.05, 0.1) is 5.69 Å². The van der Waals surface area contributed by atoms with Crippen LogP contribution in [0.15, 0.2) is 36.9 Å². The molecule has 7 heteroatoms. The molecule has 2 aromatic rings. The molecule has 1 fully saturated rings. The fourth-order valence-corrected chi connectivity index (χ4v) is 2.23. The third-order valence-corrected chi connectivity index (χ3v) is 3.36. The number of urea groups is 1. The molecule has 1 aromatic heterocycles. The number of nitrogens with zero attached hydrogens (tertiary/aromatic N) is 3. The maximum Gasteiger partial charge on any atom is 0.319 e. The van der Waals surface area contributed by atoms with Crippen LogP contribution in [-0.2, 0) is 4.74 Å². The molecule has 0 radical (unpaired) electrons. The van der Waals surface area contributed by atoms with Crippen LogP contribution in [0.5, 0.6) is 0 Å². The van der Waals surface area contributed by atoms with E-state index in [1.165, 1.54) is 6.33 Å². The molecule has 2 heterocycles. The van der Waals surface area contributed by atoms with Crippen LogP contribution in [0.2, 0.25) is 0 Å². The molecule has 3 rings (SSSR count). The maximum absolute atomic E-state index is 11.9. The number of amides is 2. The zero-order valence-corrected chi connectivity index (χ0v) is 11.5. The summed E-state index contributed by atoms with van der Waals surface area (Å²) in [6.45, 7) is 1.41. The third kappa shape index (κ3) is 3.57. The first kappa shape index (κ1) is 13.6. The lowest BCUT2D eigenvalue weighted by Gasteiger charge is -2.23. The normalized spacial score (nSPS) is 15.6. The summed E-state index contributed by atoms with van der Waals surface area (Å²) in [7, 11) is 0. The Balaban J connectivity index is 1.56. The maximum atomic E-state index is 11.9. The summed E-state index contributed by atoms with van der Waals surface area (Å²) in [5.41, 5.74) is 1.63. The van der Waals surface area contributed by atoms with Crippen LogP contribution in [0.25, 0.3) is 5.69 Å². The van der Waals surface area contributed by atoms with Gasteiger partial charge in [-0.1, -0.05) is 0 Å². The van der Waals surface area contributed by atoms with Gasteiger partial charge >= 0.3 is 6.03 Å². The molecule has 21 heavy (non-hydrogen) atoms. The van der Waals surface area contributed by atoms with E-state index in [1.807, 2.05) is 24.3 Å². The zero-order valence-electron chi connectivity index (χ0n) is 11.5. The Morgan fingerprint density at radius 2 is 2.00 bits per heavy atom. The van der Waals surface area contributed by atoms with E-state index < -0.39 is 0 Å². The molecule has 2 N–H and O–H groups in total. The van der Waals surface area contributed by atoms with Crippen molar-refractivity contribution in [2.45, 2.75) is 18.9 Å². The van der Waals surface area contributed by atoms with E-state index in [2.05, 4.69) is 20.7 Å². The van der Waals surface area contributed by atoms with Crippen molar-refractivity contribution >= 4 is 11.7 Å². The first-order valence-electron chi connectivity index (χ1n) is 6.91. The molecule has 1 aliphatic heterocycles. The van der Waals surface area contributed by atoms with E-state index in [4.69, 9.17) is 4.74 Å². The molecule has 1 saturated heterocycles. The number of ether oxygens (including phenoxy) is 1. The lowest BCUT2D eigenvalue weighted by molar-refractivity contribution is 0.0806. The van der Waals surface area contributed by atoms with E-state index in [-0.39, 0.29) is 12.1 Å². The smallest absolute Gasteiger partial charge is 0.319 e. The second-order valence-electron chi connectivity index (χ2n) is 4.87. The predicted octanol–water partition coefficient (Wildman–Crippen LogP) is 1.57. The zero-order chi connectivity index (χ0) is 14.5. The van der Waals surface area contributed by atoms with Crippen molar-refractivity contribution in [2.75, 3.05) is 18.5 Å². The van der Waals surface area contributed by atoms with Gasteiger partial charge in [-0.3, -0.25) is 0 Å². The quantitative estimate of drug-likeness (QED) is 0.898. The van der Waals surface area contributed by atoms with Gasteiger partial charge in [0.15, 0.2) is 0 Å². The van der Waals surface area contributed by atoms with Crippen LogP contribution in [-0.4, -0.2) is 40.1 Å². The van der Waals surface area contributed by atoms with Gasteiger partial charge < -0.3 is 15.4 Å².